The van der Waals surface area contributed by atoms with Crippen LogP contribution in [0.4, 0.5) is 11.4 Å². The smallest absolute Gasteiger partial charge is 0.269 e. The summed E-state index contributed by atoms with van der Waals surface area (Å²) in [5, 5.41) is 10.7. The summed E-state index contributed by atoms with van der Waals surface area (Å²) in [4.78, 5) is 12.4. The number of hydrogen-bond donors (Lipinski definition) is 0. The molecule has 0 aliphatic carbocycles. The molecule has 4 nitrogen and oxygen atoms in total. The number of benzene rings is 1. The predicted molar refractivity (Wildman–Crippen MR) is 77.3 cm³/mol. The fraction of sp³-hybridized carbons (Fsp3) is 0.429. The van der Waals surface area contributed by atoms with Crippen LogP contribution in [0.15, 0.2) is 30.9 Å². The van der Waals surface area contributed by atoms with E-state index in [1.54, 1.807) is 18.2 Å². The Hall–Kier alpha value is -1.84. The number of allylic oxidation sites excluding steroid dienone is 1. The van der Waals surface area contributed by atoms with Crippen molar-refractivity contribution in [3.63, 3.8) is 0 Å². The van der Waals surface area contributed by atoms with Gasteiger partial charge >= 0.3 is 0 Å². The quantitative estimate of drug-likeness (QED) is 0.453. The summed E-state index contributed by atoms with van der Waals surface area (Å²) in [6.07, 6.45) is 2.40. The first kappa shape index (κ1) is 16.2. The summed E-state index contributed by atoms with van der Waals surface area (Å²) in [5.41, 5.74) is 2.09. The van der Waals surface area contributed by atoms with E-state index < -0.39 is 0 Å². The van der Waals surface area contributed by atoms with Gasteiger partial charge in [-0.25, -0.2) is 0 Å². The SMILES string of the molecule is C=CCc1cc([N+](=O)[O-])ccc1N(C)CC.CC. The van der Waals surface area contributed by atoms with E-state index >= 15 is 0 Å². The standard InChI is InChI=1S/C12H16N2O2.C2H6/c1-4-6-10-9-11(14(15)16)7-8-12(10)13(3)5-2;1-2/h4,7-9H,1,5-6H2,2-3H3;1-2H3. The zero-order chi connectivity index (χ0) is 14.1. The number of non-ortho nitro benzene ring substituents is 1. The van der Waals surface area contributed by atoms with Crippen LogP contribution in [-0.2, 0) is 6.42 Å². The largest absolute Gasteiger partial charge is 0.375 e. The van der Waals surface area contributed by atoms with E-state index in [-0.39, 0.29) is 10.6 Å². The summed E-state index contributed by atoms with van der Waals surface area (Å²) in [7, 11) is 1.97. The molecule has 0 bridgehead atoms. The number of anilines is 1. The molecule has 0 aliphatic rings. The minimum atomic E-state index is -0.373. The van der Waals surface area contributed by atoms with Crippen LogP contribution in [0.5, 0.6) is 0 Å². The molecule has 0 atom stereocenters. The highest BCUT2D eigenvalue weighted by Crippen LogP contribution is 2.25. The molecule has 1 rings (SSSR count). The van der Waals surface area contributed by atoms with E-state index in [4.69, 9.17) is 0 Å². The first-order valence-electron chi connectivity index (χ1n) is 6.19. The Morgan fingerprint density at radius 3 is 2.50 bits per heavy atom. The van der Waals surface area contributed by atoms with Crippen molar-refractivity contribution in [1.82, 2.24) is 0 Å². The van der Waals surface area contributed by atoms with Crippen LogP contribution in [0.1, 0.15) is 26.3 Å². The highest BCUT2D eigenvalue weighted by Gasteiger charge is 2.11. The maximum absolute atomic E-state index is 10.7. The van der Waals surface area contributed by atoms with Gasteiger partial charge in [-0.2, -0.15) is 0 Å². The van der Waals surface area contributed by atoms with Gasteiger partial charge in [0.1, 0.15) is 0 Å². The van der Waals surface area contributed by atoms with Crippen molar-refractivity contribution in [3.8, 4) is 0 Å². The van der Waals surface area contributed by atoms with Crippen LogP contribution >= 0.6 is 0 Å². The molecule has 0 fully saturated rings. The van der Waals surface area contributed by atoms with Crippen LogP contribution in [0.2, 0.25) is 0 Å². The Morgan fingerprint density at radius 1 is 1.44 bits per heavy atom. The zero-order valence-electron chi connectivity index (χ0n) is 11.6. The number of nitro benzene ring substituents is 1. The predicted octanol–water partition coefficient (Wildman–Crippen LogP) is 3.81. The first-order chi connectivity index (χ1) is 8.60. The minimum Gasteiger partial charge on any atom is -0.375 e. The summed E-state index contributed by atoms with van der Waals surface area (Å²) in [6.45, 7) is 10.6. The third kappa shape index (κ3) is 4.20. The van der Waals surface area contributed by atoms with E-state index in [0.717, 1.165) is 17.8 Å². The molecule has 0 amide bonds. The highest BCUT2D eigenvalue weighted by atomic mass is 16.6. The Balaban J connectivity index is 0.00000137. The third-order valence-electron chi connectivity index (χ3n) is 2.52. The number of hydrogen-bond acceptors (Lipinski definition) is 3. The molecule has 0 saturated heterocycles. The van der Waals surface area contributed by atoms with Crippen molar-refractivity contribution in [2.75, 3.05) is 18.5 Å². The van der Waals surface area contributed by atoms with Gasteiger partial charge in [0.25, 0.3) is 5.69 Å². The second kappa shape index (κ2) is 8.28. The molecule has 0 spiro atoms. The molecule has 0 heterocycles. The summed E-state index contributed by atoms with van der Waals surface area (Å²) in [5.74, 6) is 0. The van der Waals surface area contributed by atoms with Crippen LogP contribution in [0, 0.1) is 10.1 Å². The van der Waals surface area contributed by atoms with Crippen LogP contribution in [-0.4, -0.2) is 18.5 Å². The van der Waals surface area contributed by atoms with Gasteiger partial charge in [-0.05, 0) is 25.0 Å². The Bertz CT molecular complexity index is 403. The fourth-order valence-corrected chi connectivity index (χ4v) is 1.55. The molecule has 18 heavy (non-hydrogen) atoms. The molecule has 100 valence electrons. The number of rotatable bonds is 5. The van der Waals surface area contributed by atoms with E-state index in [1.165, 1.54) is 6.07 Å². The lowest BCUT2D eigenvalue weighted by Crippen LogP contribution is -2.17. The van der Waals surface area contributed by atoms with Gasteiger partial charge in [0.05, 0.1) is 4.92 Å². The maximum atomic E-state index is 10.7. The fourth-order valence-electron chi connectivity index (χ4n) is 1.55. The van der Waals surface area contributed by atoms with E-state index in [9.17, 15) is 10.1 Å². The van der Waals surface area contributed by atoms with Crippen LogP contribution in [0.25, 0.3) is 0 Å². The molecule has 0 unspecified atom stereocenters. The second-order valence-corrected chi connectivity index (χ2v) is 3.58. The Morgan fingerprint density at radius 2 is 2.06 bits per heavy atom. The van der Waals surface area contributed by atoms with Crippen molar-refractivity contribution in [1.29, 1.82) is 0 Å². The number of nitro groups is 1. The van der Waals surface area contributed by atoms with Crippen molar-refractivity contribution >= 4 is 11.4 Å². The van der Waals surface area contributed by atoms with Gasteiger partial charge < -0.3 is 4.90 Å². The zero-order valence-corrected chi connectivity index (χ0v) is 11.6. The summed E-state index contributed by atoms with van der Waals surface area (Å²) < 4.78 is 0. The Labute approximate surface area is 109 Å². The van der Waals surface area contributed by atoms with Gasteiger partial charge in [-0.1, -0.05) is 19.9 Å². The number of nitrogens with zero attached hydrogens (tertiary/aromatic N) is 2. The first-order valence-corrected chi connectivity index (χ1v) is 6.19. The van der Waals surface area contributed by atoms with Gasteiger partial charge in [-0.15, -0.1) is 6.58 Å². The summed E-state index contributed by atoms with van der Waals surface area (Å²) >= 11 is 0. The lowest BCUT2D eigenvalue weighted by Gasteiger charge is -2.19. The molecule has 0 radical (unpaired) electrons. The van der Waals surface area contributed by atoms with Crippen molar-refractivity contribution < 1.29 is 4.92 Å². The van der Waals surface area contributed by atoms with Gasteiger partial charge in [0.15, 0.2) is 0 Å². The third-order valence-corrected chi connectivity index (χ3v) is 2.52. The van der Waals surface area contributed by atoms with Crippen molar-refractivity contribution in [3.05, 3.63) is 46.5 Å². The van der Waals surface area contributed by atoms with E-state index in [1.807, 2.05) is 27.8 Å². The lowest BCUT2D eigenvalue weighted by molar-refractivity contribution is -0.384. The molecule has 1 aromatic rings. The molecular weight excluding hydrogens is 228 g/mol. The molecule has 4 heteroatoms. The van der Waals surface area contributed by atoms with Gasteiger partial charge in [0, 0.05) is 31.4 Å². The van der Waals surface area contributed by atoms with Crippen LogP contribution in [0.3, 0.4) is 0 Å². The van der Waals surface area contributed by atoms with Gasteiger partial charge in [-0.3, -0.25) is 10.1 Å². The van der Waals surface area contributed by atoms with Crippen molar-refractivity contribution in [2.45, 2.75) is 27.2 Å². The molecule has 0 aliphatic heterocycles. The van der Waals surface area contributed by atoms with Crippen LogP contribution < -0.4 is 4.90 Å². The Kier molecular flexibility index (Phi) is 7.43. The van der Waals surface area contributed by atoms with Gasteiger partial charge in [0.2, 0.25) is 0 Å². The minimum absolute atomic E-state index is 0.130. The van der Waals surface area contributed by atoms with Crippen molar-refractivity contribution in [2.24, 2.45) is 0 Å². The van der Waals surface area contributed by atoms with E-state index in [2.05, 4.69) is 11.5 Å². The lowest BCUT2D eigenvalue weighted by atomic mass is 10.1. The topological polar surface area (TPSA) is 46.4 Å². The molecule has 0 saturated carbocycles. The highest BCUT2D eigenvalue weighted by molar-refractivity contribution is 5.58. The molecular formula is C14H22N2O2. The molecule has 0 aromatic heterocycles. The second-order valence-electron chi connectivity index (χ2n) is 3.58. The monoisotopic (exact) mass is 250 g/mol. The van der Waals surface area contributed by atoms with E-state index in [0.29, 0.717) is 6.42 Å². The molecule has 0 N–H and O–H groups in total. The molecule has 1 aromatic carbocycles. The normalized spacial score (nSPS) is 9.11. The maximum Gasteiger partial charge on any atom is 0.269 e. The average Bonchev–Trinajstić information content (AvgIpc) is 2.40. The average molecular weight is 250 g/mol. The summed E-state index contributed by atoms with van der Waals surface area (Å²) in [6, 6.07) is 4.94.